The number of anilines is 6. The number of thiophene rings is 1. The lowest BCUT2D eigenvalue weighted by molar-refractivity contribution is 0.668. The van der Waals surface area contributed by atoms with E-state index in [1.807, 2.05) is 35.6 Å². The zero-order chi connectivity index (χ0) is 71.0. The molecule has 5 heteroatoms. The Bertz CT molecular complexity index is 6950. The number of rotatable bonds is 10. The Kier molecular flexibility index (Phi) is 14.0. The molecule has 0 aliphatic heterocycles. The summed E-state index contributed by atoms with van der Waals surface area (Å²) in [6, 6.07) is 142. The maximum absolute atomic E-state index is 6.41. The largest absolute Gasteiger partial charge is 0.456 e. The van der Waals surface area contributed by atoms with Crippen molar-refractivity contribution >= 4 is 120 Å². The minimum absolute atomic E-state index is 0.464. The number of benzene rings is 17. The van der Waals surface area contributed by atoms with Gasteiger partial charge < -0.3 is 18.6 Å². The van der Waals surface area contributed by atoms with Gasteiger partial charge in [0.1, 0.15) is 22.3 Å². The van der Waals surface area contributed by atoms with Crippen LogP contribution in [0, 0.1) is 0 Å². The standard InChI is InChI=1S/C54H35NO.C49H31NOS/c1-3-15-39(16-4-1)54(50-21-11-9-19-45(50)49-31-35-13-7-8-14-36(35)32-51(49)54)40-24-23-37-29-38-30-42(25-27-44(38)48(37)33-40)55(41-17-5-2-6-18-41)43-26-28-47-46-20-10-12-22-52(46)56-53(47)34-43;1-3-15-32(16-4-1)49(40-23-10-7-19-35(40)36-20-8-11-24-41(36)49)42-25-14-28-46-47(42)39-22-13-26-43(48(39)52-46)50(33-17-5-2-6-18-33)34-29-30-38-37-21-9-12-27-44(37)51-45(38)31-34/h1-28,30-34H,29H2;1-31H. The summed E-state index contributed by atoms with van der Waals surface area (Å²) in [5, 5.41) is 9.63. The minimum Gasteiger partial charge on any atom is -0.456 e. The van der Waals surface area contributed by atoms with Crippen molar-refractivity contribution in [3.05, 3.63) is 444 Å². The molecule has 0 saturated heterocycles. The fourth-order valence-corrected chi connectivity index (χ4v) is 20.0. The van der Waals surface area contributed by atoms with Gasteiger partial charge in [-0.25, -0.2) is 0 Å². The van der Waals surface area contributed by atoms with Crippen LogP contribution in [0.15, 0.2) is 397 Å². The molecule has 0 radical (unpaired) electrons. The smallest absolute Gasteiger partial charge is 0.137 e. The summed E-state index contributed by atoms with van der Waals surface area (Å²) in [7, 11) is 0. The van der Waals surface area contributed by atoms with Gasteiger partial charge in [0.25, 0.3) is 0 Å². The lowest BCUT2D eigenvalue weighted by atomic mass is 9.66. The monoisotopic (exact) mass is 1390 g/mol. The number of nitrogens with zero attached hydrogens (tertiary/aromatic N) is 2. The second-order valence-electron chi connectivity index (χ2n) is 28.8. The van der Waals surface area contributed by atoms with Gasteiger partial charge >= 0.3 is 0 Å². The molecule has 23 rings (SSSR count). The zero-order valence-electron chi connectivity index (χ0n) is 58.8. The molecule has 1 atom stereocenters. The molecule has 17 aromatic carbocycles. The van der Waals surface area contributed by atoms with Crippen molar-refractivity contribution in [2.24, 2.45) is 0 Å². The van der Waals surface area contributed by atoms with Crippen LogP contribution >= 0.6 is 11.3 Å². The van der Waals surface area contributed by atoms with Crippen LogP contribution in [0.1, 0.15) is 55.6 Å². The van der Waals surface area contributed by atoms with Crippen molar-refractivity contribution in [2.75, 3.05) is 9.80 Å². The Hall–Kier alpha value is -13.6. The molecule has 0 fully saturated rings. The molecule has 0 saturated carbocycles. The van der Waals surface area contributed by atoms with Crippen molar-refractivity contribution in [1.29, 1.82) is 0 Å². The second-order valence-corrected chi connectivity index (χ2v) is 29.9. The van der Waals surface area contributed by atoms with E-state index in [9.17, 15) is 0 Å². The van der Waals surface area contributed by atoms with Crippen LogP contribution in [-0.2, 0) is 17.3 Å². The molecule has 0 amide bonds. The quantitative estimate of drug-likeness (QED) is 0.137. The number of fused-ring (bicyclic) bond motifs is 19. The van der Waals surface area contributed by atoms with Gasteiger partial charge in [0.2, 0.25) is 0 Å². The highest BCUT2D eigenvalue weighted by molar-refractivity contribution is 7.26. The van der Waals surface area contributed by atoms with E-state index in [2.05, 4.69) is 374 Å². The van der Waals surface area contributed by atoms with Crippen LogP contribution in [0.2, 0.25) is 0 Å². The van der Waals surface area contributed by atoms with E-state index < -0.39 is 10.8 Å². The third-order valence-corrected chi connectivity index (χ3v) is 24.4. The summed E-state index contributed by atoms with van der Waals surface area (Å²) in [5.74, 6) is 0. The van der Waals surface area contributed by atoms with Gasteiger partial charge in [-0.15, -0.1) is 11.3 Å². The van der Waals surface area contributed by atoms with E-state index >= 15 is 0 Å². The first-order valence-corrected chi connectivity index (χ1v) is 38.0. The van der Waals surface area contributed by atoms with E-state index in [1.54, 1.807) is 0 Å². The maximum Gasteiger partial charge on any atom is 0.137 e. The Labute approximate surface area is 629 Å². The average Bonchev–Trinajstić information content (AvgIpc) is 1.52. The van der Waals surface area contributed by atoms with Crippen molar-refractivity contribution in [2.45, 2.75) is 17.3 Å². The summed E-state index contributed by atoms with van der Waals surface area (Å²) < 4.78 is 15.3. The van der Waals surface area contributed by atoms with Gasteiger partial charge in [-0.3, -0.25) is 0 Å². The first-order chi connectivity index (χ1) is 53.5. The molecule has 506 valence electrons. The number of furan rings is 2. The normalized spacial score (nSPS) is 14.2. The molecule has 3 aliphatic carbocycles. The van der Waals surface area contributed by atoms with Gasteiger partial charge in [0.05, 0.1) is 21.2 Å². The third kappa shape index (κ3) is 9.29. The molecule has 3 aliphatic rings. The Morgan fingerprint density at radius 3 is 1.36 bits per heavy atom. The summed E-state index contributed by atoms with van der Waals surface area (Å²) >= 11 is 1.88. The minimum atomic E-state index is -0.483. The van der Waals surface area contributed by atoms with Crippen LogP contribution in [-0.4, -0.2) is 0 Å². The first kappa shape index (κ1) is 61.9. The van der Waals surface area contributed by atoms with Gasteiger partial charge in [0.15, 0.2) is 0 Å². The predicted octanol–water partition coefficient (Wildman–Crippen LogP) is 27.9. The molecule has 0 bridgehead atoms. The summed E-state index contributed by atoms with van der Waals surface area (Å²) in [4.78, 5) is 4.74. The van der Waals surface area contributed by atoms with Crippen LogP contribution in [0.5, 0.6) is 0 Å². The number of para-hydroxylation sites is 4. The number of hydrogen-bond donors (Lipinski definition) is 0. The molecule has 20 aromatic rings. The van der Waals surface area contributed by atoms with E-state index in [-0.39, 0.29) is 0 Å². The zero-order valence-corrected chi connectivity index (χ0v) is 59.6. The molecular formula is C103H66N2O2S. The molecule has 3 aromatic heterocycles. The Balaban J connectivity index is 0.000000134. The molecule has 0 N–H and O–H groups in total. The highest BCUT2D eigenvalue weighted by atomic mass is 32.1. The van der Waals surface area contributed by atoms with Crippen molar-refractivity contribution < 1.29 is 8.83 Å². The van der Waals surface area contributed by atoms with Crippen molar-refractivity contribution in [3.63, 3.8) is 0 Å². The van der Waals surface area contributed by atoms with Gasteiger partial charge in [-0.05, 0) is 209 Å². The Morgan fingerprint density at radius 1 is 0.250 bits per heavy atom. The topological polar surface area (TPSA) is 32.8 Å². The van der Waals surface area contributed by atoms with E-state index in [0.29, 0.717) is 0 Å². The first-order valence-electron chi connectivity index (χ1n) is 37.2. The highest BCUT2D eigenvalue weighted by Gasteiger charge is 2.49. The van der Waals surface area contributed by atoms with Crippen LogP contribution in [0.4, 0.5) is 34.1 Å². The number of hydrogen-bond acceptors (Lipinski definition) is 5. The van der Waals surface area contributed by atoms with Crippen molar-refractivity contribution in [1.82, 2.24) is 0 Å². The fourth-order valence-electron chi connectivity index (χ4n) is 18.7. The molecule has 1 unspecified atom stereocenters. The Morgan fingerprint density at radius 2 is 0.722 bits per heavy atom. The SMILES string of the molecule is c1ccc(N(c2ccc3c(c2)Cc2ccc(C4(c5ccccc5)c5ccccc5-c5cc6ccccc6cc54)cc2-3)c2ccc3c(c2)oc2ccccc23)cc1.c1ccc(N(c2ccc3c(c2)oc2ccccc23)c2cccc3c2sc2cccc(C4(c5ccccc5)c5ccccc5-c5ccccc54)c23)cc1. The second kappa shape index (κ2) is 24.5. The molecule has 3 heterocycles. The molecule has 0 spiro atoms. The van der Waals surface area contributed by atoms with Gasteiger partial charge in [-0.2, -0.15) is 0 Å². The third-order valence-electron chi connectivity index (χ3n) is 23.3. The van der Waals surface area contributed by atoms with E-state index in [4.69, 9.17) is 8.83 Å². The van der Waals surface area contributed by atoms with E-state index in [1.165, 1.54) is 120 Å². The summed E-state index contributed by atoms with van der Waals surface area (Å²) in [6.07, 6.45) is 0.889. The van der Waals surface area contributed by atoms with Gasteiger partial charge in [-0.1, -0.05) is 273 Å². The van der Waals surface area contributed by atoms with Gasteiger partial charge in [0, 0.05) is 77.6 Å². The van der Waals surface area contributed by atoms with Crippen LogP contribution in [0.3, 0.4) is 0 Å². The van der Waals surface area contributed by atoms with Crippen LogP contribution in [0.25, 0.3) is 108 Å². The predicted molar refractivity (Wildman–Crippen MR) is 450 cm³/mol. The molecule has 108 heavy (non-hydrogen) atoms. The lowest BCUT2D eigenvalue weighted by Gasteiger charge is -2.34. The van der Waals surface area contributed by atoms with Crippen LogP contribution < -0.4 is 9.80 Å². The summed E-state index contributed by atoms with van der Waals surface area (Å²) in [5.41, 5.74) is 30.3. The molecular weight excluding hydrogens is 1330 g/mol. The summed E-state index contributed by atoms with van der Waals surface area (Å²) in [6.45, 7) is 0. The fraction of sp³-hybridized carbons (Fsp3) is 0.0291. The molecule has 4 nitrogen and oxygen atoms in total. The van der Waals surface area contributed by atoms with E-state index in [0.717, 1.165) is 84.4 Å². The lowest BCUT2D eigenvalue weighted by Crippen LogP contribution is -2.28. The average molecular weight is 1400 g/mol. The van der Waals surface area contributed by atoms with Crippen molar-refractivity contribution in [3.8, 4) is 33.4 Å². The highest BCUT2D eigenvalue weighted by Crippen LogP contribution is 2.61. The maximum atomic E-state index is 6.41.